The molecule has 11 heteroatoms. The first-order valence-electron chi connectivity index (χ1n) is 11.0. The summed E-state index contributed by atoms with van der Waals surface area (Å²) in [5.74, 6) is -0.0195. The highest BCUT2D eigenvalue weighted by Gasteiger charge is 2.28. The smallest absolute Gasteiger partial charge is 0.407 e. The van der Waals surface area contributed by atoms with Gasteiger partial charge in [-0.1, -0.05) is 0 Å². The summed E-state index contributed by atoms with van der Waals surface area (Å²) in [5, 5.41) is 5.63. The molecule has 1 atom stereocenters. The van der Waals surface area contributed by atoms with E-state index in [1.807, 2.05) is 37.1 Å². The lowest BCUT2D eigenvalue weighted by molar-refractivity contribution is 0.0503. The van der Waals surface area contributed by atoms with E-state index in [1.54, 1.807) is 17.7 Å². The summed E-state index contributed by atoms with van der Waals surface area (Å²) >= 11 is 1.38. The second-order valence-corrected chi connectivity index (χ2v) is 9.79. The minimum atomic E-state index is -0.681. The van der Waals surface area contributed by atoms with Crippen LogP contribution in [0.1, 0.15) is 44.5 Å². The van der Waals surface area contributed by atoms with Crippen LogP contribution in [-0.4, -0.2) is 57.9 Å². The Morgan fingerprint density at radius 1 is 1.29 bits per heavy atom. The van der Waals surface area contributed by atoms with Crippen molar-refractivity contribution in [3.05, 3.63) is 45.8 Å². The number of rotatable bonds is 5. The first kappa shape index (κ1) is 23.7. The molecule has 0 radical (unpaired) electrons. The zero-order valence-corrected chi connectivity index (χ0v) is 20.3. The van der Waals surface area contributed by atoms with E-state index in [0.29, 0.717) is 34.9 Å². The van der Waals surface area contributed by atoms with E-state index in [-0.39, 0.29) is 18.2 Å². The summed E-state index contributed by atoms with van der Waals surface area (Å²) in [5.41, 5.74) is -0.487. The summed E-state index contributed by atoms with van der Waals surface area (Å²) in [6, 6.07) is 1.72. The van der Waals surface area contributed by atoms with Crippen molar-refractivity contribution >= 4 is 40.1 Å². The fraction of sp³-hybridized carbons (Fsp3) is 0.435. The molecule has 0 spiro atoms. The summed E-state index contributed by atoms with van der Waals surface area (Å²) in [7, 11) is 0. The second-order valence-electron chi connectivity index (χ2n) is 8.91. The van der Waals surface area contributed by atoms with Crippen LogP contribution in [0, 0.1) is 0 Å². The Morgan fingerprint density at radius 2 is 2.09 bits per heavy atom. The van der Waals surface area contributed by atoms with E-state index in [1.165, 1.54) is 23.7 Å². The van der Waals surface area contributed by atoms with E-state index >= 15 is 0 Å². The monoisotopic (exact) mass is 485 g/mol. The van der Waals surface area contributed by atoms with Gasteiger partial charge in [0.2, 0.25) is 5.43 Å². The lowest BCUT2D eigenvalue weighted by Crippen LogP contribution is -2.40. The number of thiazole rings is 1. The molecule has 0 bridgehead atoms. The zero-order valence-electron chi connectivity index (χ0n) is 19.5. The van der Waals surface area contributed by atoms with Crippen LogP contribution in [0.3, 0.4) is 0 Å². The van der Waals surface area contributed by atoms with Crippen LogP contribution >= 0.6 is 11.3 Å². The molecule has 1 amide bonds. The summed E-state index contributed by atoms with van der Waals surface area (Å²) in [6.07, 6.45) is 4.90. The molecule has 10 nitrogen and oxygen atoms in total. The normalized spacial score (nSPS) is 16.0. The molecule has 0 aromatic carbocycles. The topological polar surface area (TPSA) is 116 Å². The van der Waals surface area contributed by atoms with Gasteiger partial charge in [0.25, 0.3) is 0 Å². The number of esters is 1. The minimum Gasteiger partial charge on any atom is -0.462 e. The third-order valence-electron chi connectivity index (χ3n) is 5.23. The molecule has 3 aromatic heterocycles. The van der Waals surface area contributed by atoms with Crippen LogP contribution in [0.15, 0.2) is 34.8 Å². The van der Waals surface area contributed by atoms with E-state index < -0.39 is 23.1 Å². The Morgan fingerprint density at radius 3 is 2.76 bits per heavy atom. The molecule has 34 heavy (non-hydrogen) atoms. The van der Waals surface area contributed by atoms with Crippen molar-refractivity contribution in [3.63, 3.8) is 0 Å². The number of amides is 1. The summed E-state index contributed by atoms with van der Waals surface area (Å²) < 4.78 is 12.1. The summed E-state index contributed by atoms with van der Waals surface area (Å²) in [6.45, 7) is 8.55. The van der Waals surface area contributed by atoms with E-state index in [9.17, 15) is 14.4 Å². The minimum absolute atomic E-state index is 0.0677. The Balaban J connectivity index is 1.66. The quantitative estimate of drug-likeness (QED) is 0.548. The van der Waals surface area contributed by atoms with Crippen molar-refractivity contribution in [2.45, 2.75) is 45.8 Å². The van der Waals surface area contributed by atoms with Gasteiger partial charge in [0, 0.05) is 43.1 Å². The maximum Gasteiger partial charge on any atom is 0.407 e. The Bertz CT molecular complexity index is 1270. The number of pyridine rings is 2. The van der Waals surface area contributed by atoms with Crippen LogP contribution in [0.25, 0.3) is 16.0 Å². The average Bonchev–Trinajstić information content (AvgIpc) is 3.45. The number of aromatic nitrogens is 3. The molecule has 1 N–H and O–H groups in total. The van der Waals surface area contributed by atoms with Gasteiger partial charge in [0.1, 0.15) is 17.0 Å². The number of nitrogens with zero attached hydrogens (tertiary/aromatic N) is 4. The van der Waals surface area contributed by atoms with Crippen molar-refractivity contribution < 1.29 is 19.1 Å². The molecule has 1 aliphatic heterocycles. The maximum absolute atomic E-state index is 13.0. The van der Waals surface area contributed by atoms with Crippen LogP contribution < -0.4 is 15.6 Å². The fourth-order valence-electron chi connectivity index (χ4n) is 3.79. The van der Waals surface area contributed by atoms with Gasteiger partial charge < -0.3 is 19.7 Å². The highest BCUT2D eigenvalue weighted by atomic mass is 32.1. The zero-order chi connectivity index (χ0) is 24.5. The largest absolute Gasteiger partial charge is 0.462 e. The number of alkyl carbamates (subject to hydrolysis) is 1. The average molecular weight is 486 g/mol. The fourth-order valence-corrected chi connectivity index (χ4v) is 4.42. The first-order chi connectivity index (χ1) is 16.2. The molecule has 0 aliphatic carbocycles. The van der Waals surface area contributed by atoms with Gasteiger partial charge in [-0.25, -0.2) is 19.6 Å². The molecule has 1 fully saturated rings. The number of fused-ring (bicyclic) bond motifs is 1. The van der Waals surface area contributed by atoms with E-state index in [2.05, 4.69) is 15.3 Å². The predicted octanol–water partition coefficient (Wildman–Crippen LogP) is 3.12. The van der Waals surface area contributed by atoms with E-state index in [0.717, 1.165) is 6.42 Å². The van der Waals surface area contributed by atoms with E-state index in [4.69, 9.17) is 9.47 Å². The van der Waals surface area contributed by atoms with Crippen molar-refractivity contribution in [2.75, 3.05) is 24.6 Å². The molecular formula is C23H27N5O5S. The van der Waals surface area contributed by atoms with Crippen molar-refractivity contribution in [1.29, 1.82) is 0 Å². The molecule has 1 aliphatic rings. The first-order valence-corrected chi connectivity index (χ1v) is 11.9. The number of anilines is 1. The van der Waals surface area contributed by atoms with Gasteiger partial charge in [-0.05, 0) is 34.1 Å². The summed E-state index contributed by atoms with van der Waals surface area (Å²) in [4.78, 5) is 48.4. The van der Waals surface area contributed by atoms with Crippen molar-refractivity contribution in [1.82, 2.24) is 19.9 Å². The van der Waals surface area contributed by atoms with Crippen LogP contribution in [0.4, 0.5) is 10.6 Å². The Kier molecular flexibility index (Phi) is 6.56. The van der Waals surface area contributed by atoms with Gasteiger partial charge in [0.15, 0.2) is 5.13 Å². The standard InChI is InChI=1S/C23H27N5O5S/c1-5-32-20(30)16-13-28(21-24-7-9-34-21)17-10-18(25-11-15(17)19(16)29)27-8-6-14(12-27)26-22(31)33-23(2,3)4/h7,9-11,13-14H,5-6,8,12H2,1-4H3,(H,26,31). The van der Waals surface area contributed by atoms with Crippen molar-refractivity contribution in [3.8, 4) is 5.13 Å². The van der Waals surface area contributed by atoms with Crippen molar-refractivity contribution in [2.24, 2.45) is 0 Å². The van der Waals surface area contributed by atoms with Crippen LogP contribution in [-0.2, 0) is 9.47 Å². The lowest BCUT2D eigenvalue weighted by atomic mass is 10.1. The molecule has 1 unspecified atom stereocenters. The molecule has 1 saturated heterocycles. The molecule has 0 saturated carbocycles. The number of ether oxygens (including phenoxy) is 2. The number of carbonyl (C=O) groups excluding carboxylic acids is 2. The SMILES string of the molecule is CCOC(=O)c1cn(-c2nccs2)c2cc(N3CCC(NC(=O)OC(C)(C)C)C3)ncc2c1=O. The Labute approximate surface area is 200 Å². The molecule has 4 heterocycles. The molecule has 4 rings (SSSR count). The molecular weight excluding hydrogens is 458 g/mol. The third-order valence-corrected chi connectivity index (χ3v) is 6.00. The highest BCUT2D eigenvalue weighted by molar-refractivity contribution is 7.12. The van der Waals surface area contributed by atoms with Crippen LogP contribution in [0.5, 0.6) is 0 Å². The third kappa shape index (κ3) is 5.04. The molecule has 180 valence electrons. The Hall–Kier alpha value is -3.47. The van der Waals surface area contributed by atoms with Gasteiger partial charge in [-0.15, -0.1) is 11.3 Å². The van der Waals surface area contributed by atoms with Gasteiger partial charge >= 0.3 is 12.1 Å². The molecule has 3 aromatic rings. The van der Waals surface area contributed by atoms with Gasteiger partial charge in [-0.3, -0.25) is 9.36 Å². The van der Waals surface area contributed by atoms with Crippen LogP contribution in [0.2, 0.25) is 0 Å². The predicted molar refractivity (Wildman–Crippen MR) is 129 cm³/mol. The number of carbonyl (C=O) groups is 2. The lowest BCUT2D eigenvalue weighted by Gasteiger charge is -2.22. The van der Waals surface area contributed by atoms with Gasteiger partial charge in [0.05, 0.1) is 23.6 Å². The number of hydrogen-bond acceptors (Lipinski definition) is 9. The maximum atomic E-state index is 13.0. The second kappa shape index (κ2) is 9.41. The number of hydrogen-bond donors (Lipinski definition) is 1. The highest BCUT2D eigenvalue weighted by Crippen LogP contribution is 2.25. The number of nitrogens with one attached hydrogen (secondary N) is 1. The van der Waals surface area contributed by atoms with Gasteiger partial charge in [-0.2, -0.15) is 0 Å².